The molecule has 9 nitrogen and oxygen atoms in total. The molecule has 1 heterocycles. The fraction of sp³-hybridized carbons (Fsp3) is 0.0667. The molecule has 0 aliphatic carbocycles. The van der Waals surface area contributed by atoms with Crippen LogP contribution >= 0.6 is 0 Å². The van der Waals surface area contributed by atoms with Gasteiger partial charge in [-0.1, -0.05) is 30.3 Å². The summed E-state index contributed by atoms with van der Waals surface area (Å²) in [5, 5.41) is 11.5. The van der Waals surface area contributed by atoms with Crippen molar-refractivity contribution in [3.8, 4) is 11.4 Å². The van der Waals surface area contributed by atoms with Crippen molar-refractivity contribution >= 4 is 15.9 Å². The molecule has 3 rings (SSSR count). The lowest BCUT2D eigenvalue weighted by Crippen LogP contribution is -2.43. The molecule has 0 aliphatic heterocycles. The summed E-state index contributed by atoms with van der Waals surface area (Å²) in [5.74, 6) is -2.75. The number of sulfonamides is 1. The van der Waals surface area contributed by atoms with E-state index in [0.717, 1.165) is 16.9 Å². The van der Waals surface area contributed by atoms with Crippen molar-refractivity contribution in [2.45, 2.75) is 11.4 Å². The average molecular weight is 394 g/mol. The van der Waals surface area contributed by atoms with Gasteiger partial charge < -0.3 is 0 Å². The third kappa shape index (κ3) is 4.48. The quantitative estimate of drug-likeness (QED) is 0.592. The fourth-order valence-corrected chi connectivity index (χ4v) is 2.97. The molecule has 12 heteroatoms. The Labute approximate surface area is 152 Å². The third-order valence-corrected chi connectivity index (χ3v) is 4.56. The van der Waals surface area contributed by atoms with E-state index >= 15 is 0 Å². The molecule has 2 aromatic carbocycles. The van der Waals surface area contributed by atoms with Crippen LogP contribution in [0.15, 0.2) is 53.4 Å². The predicted molar refractivity (Wildman–Crippen MR) is 88.1 cm³/mol. The van der Waals surface area contributed by atoms with Gasteiger partial charge in [-0.3, -0.25) is 10.2 Å². The number of nitrogens with one attached hydrogen (secondary N) is 2. The van der Waals surface area contributed by atoms with Crippen LogP contribution in [0.2, 0.25) is 0 Å². The van der Waals surface area contributed by atoms with E-state index in [-0.39, 0.29) is 5.82 Å². The predicted octanol–water partition coefficient (Wildman–Crippen LogP) is 0.628. The number of carbonyl (C=O) groups is 1. The topological polar surface area (TPSA) is 119 Å². The van der Waals surface area contributed by atoms with E-state index in [1.807, 2.05) is 11.5 Å². The Bertz CT molecular complexity index is 1070. The normalized spacial score (nSPS) is 11.3. The Morgan fingerprint density at radius 1 is 1.11 bits per heavy atom. The van der Waals surface area contributed by atoms with Crippen molar-refractivity contribution in [2.75, 3.05) is 0 Å². The zero-order valence-electron chi connectivity index (χ0n) is 13.5. The van der Waals surface area contributed by atoms with E-state index in [1.165, 1.54) is 0 Å². The molecule has 0 unspecified atom stereocenters. The number of nitrogens with zero attached hydrogens (tertiary/aromatic N) is 4. The number of halogens is 2. The minimum Gasteiger partial charge on any atom is -0.276 e. The molecule has 27 heavy (non-hydrogen) atoms. The van der Waals surface area contributed by atoms with E-state index in [9.17, 15) is 22.0 Å². The van der Waals surface area contributed by atoms with Gasteiger partial charge >= 0.3 is 0 Å². The third-order valence-electron chi connectivity index (χ3n) is 3.28. The van der Waals surface area contributed by atoms with Crippen LogP contribution in [0.25, 0.3) is 11.4 Å². The first-order valence-corrected chi connectivity index (χ1v) is 8.92. The van der Waals surface area contributed by atoms with Crippen LogP contribution < -0.4 is 10.3 Å². The molecule has 0 spiro atoms. The van der Waals surface area contributed by atoms with Crippen LogP contribution in [0.3, 0.4) is 0 Å². The molecule has 0 radical (unpaired) electrons. The first kappa shape index (κ1) is 18.5. The summed E-state index contributed by atoms with van der Waals surface area (Å²) < 4.78 is 50.4. The molecule has 1 aromatic heterocycles. The molecular weight excluding hydrogens is 382 g/mol. The number of rotatable bonds is 6. The molecule has 0 bridgehead atoms. The first-order chi connectivity index (χ1) is 12.8. The SMILES string of the molecule is O=C(Cn1nnc(-c2ccccc2)n1)NNS(=O)(=O)c1ccc(F)cc1F. The van der Waals surface area contributed by atoms with E-state index in [4.69, 9.17) is 0 Å². The summed E-state index contributed by atoms with van der Waals surface area (Å²) in [6.07, 6.45) is 0. The number of aromatic nitrogens is 4. The molecule has 3 aromatic rings. The lowest BCUT2D eigenvalue weighted by Gasteiger charge is -2.08. The van der Waals surface area contributed by atoms with Gasteiger partial charge in [0.15, 0.2) is 0 Å². The maximum absolute atomic E-state index is 13.6. The second kappa shape index (κ2) is 7.55. The smallest absolute Gasteiger partial charge is 0.260 e. The van der Waals surface area contributed by atoms with Crippen molar-refractivity contribution < 1.29 is 22.0 Å². The van der Waals surface area contributed by atoms with Gasteiger partial charge in [0.05, 0.1) is 0 Å². The second-order valence-corrected chi connectivity index (χ2v) is 6.89. The molecule has 140 valence electrons. The zero-order valence-corrected chi connectivity index (χ0v) is 14.3. The largest absolute Gasteiger partial charge is 0.276 e. The molecule has 0 atom stereocenters. The molecule has 2 N–H and O–H groups in total. The van der Waals surface area contributed by atoms with Crippen molar-refractivity contribution in [2.24, 2.45) is 0 Å². The Hall–Kier alpha value is -3.25. The van der Waals surface area contributed by atoms with Gasteiger partial charge in [0, 0.05) is 11.6 Å². The summed E-state index contributed by atoms with van der Waals surface area (Å²) in [4.78, 5) is 13.7. The van der Waals surface area contributed by atoms with Gasteiger partial charge in [0.1, 0.15) is 23.1 Å². The monoisotopic (exact) mass is 394 g/mol. The Morgan fingerprint density at radius 3 is 2.56 bits per heavy atom. The zero-order chi connectivity index (χ0) is 19.4. The molecule has 0 aliphatic rings. The molecule has 1 amide bonds. The standard InChI is InChI=1S/C15H12F2N6O3S/c16-11-6-7-13(12(17)8-11)27(25,26)22-18-14(24)9-23-20-15(19-21-23)10-4-2-1-3-5-10/h1-8,22H,9H2,(H,18,24). The first-order valence-electron chi connectivity index (χ1n) is 7.44. The van der Waals surface area contributed by atoms with E-state index in [2.05, 4.69) is 15.4 Å². The van der Waals surface area contributed by atoms with Gasteiger partial charge in [0.2, 0.25) is 5.82 Å². The summed E-state index contributed by atoms with van der Waals surface area (Å²) in [5.41, 5.74) is 2.59. The molecule has 0 fully saturated rings. The van der Waals surface area contributed by atoms with Crippen LogP contribution in [0.4, 0.5) is 8.78 Å². The molecule has 0 saturated carbocycles. The molecular formula is C15H12F2N6O3S. The number of hydrogen-bond donors (Lipinski definition) is 2. The van der Waals surface area contributed by atoms with E-state index in [0.29, 0.717) is 11.6 Å². The molecule has 0 saturated heterocycles. The number of benzene rings is 2. The van der Waals surface area contributed by atoms with Gasteiger partial charge in [0.25, 0.3) is 15.9 Å². The number of hydrogen-bond acceptors (Lipinski definition) is 6. The van der Waals surface area contributed by atoms with Gasteiger partial charge in [-0.15, -0.1) is 15.0 Å². The number of tetrazole rings is 1. The summed E-state index contributed by atoms with van der Waals surface area (Å²) in [7, 11) is -4.42. The van der Waals surface area contributed by atoms with Crippen molar-refractivity contribution in [3.05, 3.63) is 60.2 Å². The van der Waals surface area contributed by atoms with Crippen LogP contribution in [0.5, 0.6) is 0 Å². The van der Waals surface area contributed by atoms with E-state index in [1.54, 1.807) is 29.1 Å². The highest BCUT2D eigenvalue weighted by molar-refractivity contribution is 7.89. The maximum Gasteiger partial charge on any atom is 0.260 e. The van der Waals surface area contributed by atoms with Crippen molar-refractivity contribution in [1.29, 1.82) is 0 Å². The number of amides is 1. The lowest BCUT2D eigenvalue weighted by molar-refractivity contribution is -0.122. The summed E-state index contributed by atoms with van der Waals surface area (Å²) in [6.45, 7) is -0.436. The minimum absolute atomic E-state index is 0.289. The van der Waals surface area contributed by atoms with Crippen LogP contribution in [-0.2, 0) is 21.4 Å². The summed E-state index contributed by atoms with van der Waals surface area (Å²) in [6, 6.07) is 10.8. The van der Waals surface area contributed by atoms with Gasteiger partial charge in [-0.2, -0.15) is 4.80 Å². The van der Waals surface area contributed by atoms with Gasteiger partial charge in [-0.05, 0) is 17.3 Å². The van der Waals surface area contributed by atoms with Crippen LogP contribution in [0, 0.1) is 11.6 Å². The Balaban J connectivity index is 1.62. The minimum atomic E-state index is -4.42. The highest BCUT2D eigenvalue weighted by Crippen LogP contribution is 2.14. The van der Waals surface area contributed by atoms with Crippen molar-refractivity contribution in [1.82, 2.24) is 30.5 Å². The Morgan fingerprint density at radius 2 is 1.85 bits per heavy atom. The fourth-order valence-electron chi connectivity index (χ4n) is 2.05. The maximum atomic E-state index is 13.6. The highest BCUT2D eigenvalue weighted by Gasteiger charge is 2.20. The van der Waals surface area contributed by atoms with Crippen LogP contribution in [0.1, 0.15) is 0 Å². The Kier molecular flexibility index (Phi) is 5.19. The lowest BCUT2D eigenvalue weighted by atomic mass is 10.2. The van der Waals surface area contributed by atoms with E-state index < -0.39 is 39.0 Å². The van der Waals surface area contributed by atoms with Gasteiger partial charge in [-0.25, -0.2) is 17.2 Å². The summed E-state index contributed by atoms with van der Waals surface area (Å²) >= 11 is 0. The average Bonchev–Trinajstić information content (AvgIpc) is 3.09. The second-order valence-electron chi connectivity index (χ2n) is 5.24. The van der Waals surface area contributed by atoms with Crippen molar-refractivity contribution in [3.63, 3.8) is 0 Å². The number of hydrazine groups is 1. The highest BCUT2D eigenvalue weighted by atomic mass is 32.2. The van der Waals surface area contributed by atoms with Crippen LogP contribution in [-0.4, -0.2) is 34.5 Å². The number of carbonyl (C=O) groups excluding carboxylic acids is 1.